The lowest BCUT2D eigenvalue weighted by Gasteiger charge is -2.24. The zero-order valence-electron chi connectivity index (χ0n) is 10.9. The maximum Gasteiger partial charge on any atom is 0.260 e. The highest BCUT2D eigenvalue weighted by atomic mass is 32.2. The number of aryl methyl sites for hydroxylation is 1. The van der Waals surface area contributed by atoms with Crippen LogP contribution in [0.5, 0.6) is 0 Å². The number of methoxy groups -OCH3 is 1. The molecule has 0 amide bonds. The van der Waals surface area contributed by atoms with Gasteiger partial charge in [-0.05, 0) is 20.8 Å². The third kappa shape index (κ3) is 3.29. The van der Waals surface area contributed by atoms with Crippen LogP contribution in [0.25, 0.3) is 0 Å². The molecule has 18 heavy (non-hydrogen) atoms. The Balaban J connectivity index is 3.07. The van der Waals surface area contributed by atoms with Gasteiger partial charge in [0.15, 0.2) is 5.03 Å². The summed E-state index contributed by atoms with van der Waals surface area (Å²) in [6.45, 7) is 4.89. The maximum absolute atomic E-state index is 12.2. The number of hydrogen-bond acceptors (Lipinski definition) is 5. The number of nitrogens with zero attached hydrogens (tertiary/aromatic N) is 1. The average molecular weight is 277 g/mol. The third-order valence-electron chi connectivity index (χ3n) is 2.36. The molecule has 0 unspecified atom stereocenters. The van der Waals surface area contributed by atoms with E-state index in [9.17, 15) is 13.5 Å². The van der Waals surface area contributed by atoms with Crippen LogP contribution >= 0.6 is 0 Å². The summed E-state index contributed by atoms with van der Waals surface area (Å²) in [7, 11) is -2.30. The summed E-state index contributed by atoms with van der Waals surface area (Å²) in [6.07, 6.45) is 0. The Bertz CT molecular complexity index is 507. The summed E-state index contributed by atoms with van der Waals surface area (Å²) in [6, 6.07) is 0. The molecule has 0 radical (unpaired) electrons. The van der Waals surface area contributed by atoms with Crippen LogP contribution in [0.3, 0.4) is 0 Å². The molecule has 1 heterocycles. The Morgan fingerprint density at radius 3 is 2.61 bits per heavy atom. The van der Waals surface area contributed by atoms with Gasteiger partial charge < -0.3 is 9.84 Å². The van der Waals surface area contributed by atoms with E-state index in [2.05, 4.69) is 14.9 Å². The fraction of sp³-hybridized carbons (Fsp3) is 0.700. The van der Waals surface area contributed by atoms with Crippen molar-refractivity contribution in [1.29, 1.82) is 0 Å². The van der Waals surface area contributed by atoms with E-state index in [1.807, 2.05) is 0 Å². The van der Waals surface area contributed by atoms with Crippen LogP contribution in [0.2, 0.25) is 0 Å². The molecule has 0 aliphatic heterocycles. The van der Waals surface area contributed by atoms with Gasteiger partial charge in [-0.15, -0.1) is 0 Å². The molecule has 0 spiro atoms. The topological polar surface area (TPSA) is 104 Å². The van der Waals surface area contributed by atoms with Crippen LogP contribution < -0.4 is 4.72 Å². The number of aromatic amines is 1. The molecule has 0 saturated heterocycles. The van der Waals surface area contributed by atoms with Crippen LogP contribution in [0.4, 0.5) is 0 Å². The summed E-state index contributed by atoms with van der Waals surface area (Å²) in [4.78, 5) is 0. The molecule has 104 valence electrons. The predicted molar refractivity (Wildman–Crippen MR) is 65.5 cm³/mol. The highest BCUT2D eigenvalue weighted by Crippen LogP contribution is 2.18. The quantitative estimate of drug-likeness (QED) is 0.674. The van der Waals surface area contributed by atoms with Crippen molar-refractivity contribution < 1.29 is 18.3 Å². The van der Waals surface area contributed by atoms with E-state index in [0.29, 0.717) is 5.69 Å². The normalized spacial score (nSPS) is 12.9. The first kappa shape index (κ1) is 15.1. The molecule has 0 bridgehead atoms. The van der Waals surface area contributed by atoms with Crippen molar-refractivity contribution in [3.63, 3.8) is 0 Å². The number of aromatic nitrogens is 2. The molecular formula is C10H19N3O4S. The van der Waals surface area contributed by atoms with Crippen LogP contribution in [0, 0.1) is 6.92 Å². The van der Waals surface area contributed by atoms with Gasteiger partial charge in [0, 0.05) is 18.4 Å². The summed E-state index contributed by atoms with van der Waals surface area (Å²) >= 11 is 0. The van der Waals surface area contributed by atoms with E-state index in [-0.39, 0.29) is 23.8 Å². The van der Waals surface area contributed by atoms with Gasteiger partial charge in [-0.2, -0.15) is 5.10 Å². The van der Waals surface area contributed by atoms with Crippen molar-refractivity contribution in [1.82, 2.24) is 14.9 Å². The minimum atomic E-state index is -3.79. The van der Waals surface area contributed by atoms with E-state index in [1.54, 1.807) is 20.8 Å². The second-order valence-electron chi connectivity index (χ2n) is 4.71. The number of aliphatic hydroxyl groups is 1. The monoisotopic (exact) mass is 277 g/mol. The van der Waals surface area contributed by atoms with Crippen LogP contribution in [-0.2, 0) is 21.4 Å². The maximum atomic E-state index is 12.2. The van der Waals surface area contributed by atoms with E-state index >= 15 is 0 Å². The smallest absolute Gasteiger partial charge is 0.260 e. The first-order valence-corrected chi connectivity index (χ1v) is 6.89. The molecule has 0 fully saturated rings. The van der Waals surface area contributed by atoms with Crippen molar-refractivity contribution in [2.75, 3.05) is 13.7 Å². The van der Waals surface area contributed by atoms with Gasteiger partial charge in [0.25, 0.3) is 10.0 Å². The van der Waals surface area contributed by atoms with Crippen LogP contribution in [0.1, 0.15) is 25.1 Å². The lowest BCUT2D eigenvalue weighted by atomic mass is 10.1. The predicted octanol–water partition coefficient (Wildman–Crippen LogP) is -0.0863. The fourth-order valence-electron chi connectivity index (χ4n) is 1.64. The van der Waals surface area contributed by atoms with Crippen molar-refractivity contribution in [2.24, 2.45) is 0 Å². The first-order chi connectivity index (χ1) is 8.23. The standard InChI is InChI=1S/C10H19N3O4S/c1-7-8(5-14)9(12-11-7)18(15,16)13-10(2,3)6-17-4/h13-14H,5-6H2,1-4H3,(H,11,12). The lowest BCUT2D eigenvalue weighted by Crippen LogP contribution is -2.46. The minimum Gasteiger partial charge on any atom is -0.392 e. The van der Waals surface area contributed by atoms with Crippen LogP contribution in [0.15, 0.2) is 5.03 Å². The summed E-state index contributed by atoms with van der Waals surface area (Å²) in [5.74, 6) is 0. The van der Waals surface area contributed by atoms with E-state index in [0.717, 1.165) is 0 Å². The largest absolute Gasteiger partial charge is 0.392 e. The molecule has 8 heteroatoms. The Hall–Kier alpha value is -0.960. The number of nitrogens with one attached hydrogen (secondary N) is 2. The molecule has 0 saturated carbocycles. The Kier molecular flexibility index (Phi) is 4.49. The van der Waals surface area contributed by atoms with Crippen molar-refractivity contribution in [3.05, 3.63) is 11.3 Å². The van der Waals surface area contributed by atoms with Gasteiger partial charge in [-0.1, -0.05) is 0 Å². The molecule has 7 nitrogen and oxygen atoms in total. The van der Waals surface area contributed by atoms with Crippen LogP contribution in [-0.4, -0.2) is 43.0 Å². The second-order valence-corrected chi connectivity index (χ2v) is 6.31. The molecule has 1 rings (SSSR count). The van der Waals surface area contributed by atoms with Crippen molar-refractivity contribution in [2.45, 2.75) is 37.9 Å². The van der Waals surface area contributed by atoms with Gasteiger partial charge >= 0.3 is 0 Å². The Labute approximate surface area is 107 Å². The van der Waals surface area contributed by atoms with Gasteiger partial charge in [0.05, 0.1) is 18.8 Å². The SMILES string of the molecule is COCC(C)(C)NS(=O)(=O)c1n[nH]c(C)c1CO. The Morgan fingerprint density at radius 1 is 1.50 bits per heavy atom. The van der Waals surface area contributed by atoms with Crippen molar-refractivity contribution >= 4 is 10.0 Å². The molecule has 1 aromatic rings. The third-order valence-corrected chi connectivity index (χ3v) is 4.03. The van der Waals surface area contributed by atoms with Gasteiger partial charge in [-0.3, -0.25) is 5.10 Å². The zero-order valence-corrected chi connectivity index (χ0v) is 11.8. The van der Waals surface area contributed by atoms with E-state index < -0.39 is 15.6 Å². The molecule has 0 atom stereocenters. The highest BCUT2D eigenvalue weighted by Gasteiger charge is 2.30. The van der Waals surface area contributed by atoms with Crippen molar-refractivity contribution in [3.8, 4) is 0 Å². The first-order valence-electron chi connectivity index (χ1n) is 5.41. The van der Waals surface area contributed by atoms with Gasteiger partial charge in [0.1, 0.15) is 0 Å². The molecule has 3 N–H and O–H groups in total. The molecule has 1 aromatic heterocycles. The second kappa shape index (κ2) is 5.35. The summed E-state index contributed by atoms with van der Waals surface area (Å²) in [5, 5.41) is 15.3. The lowest BCUT2D eigenvalue weighted by molar-refractivity contribution is 0.141. The van der Waals surface area contributed by atoms with E-state index in [1.165, 1.54) is 7.11 Å². The summed E-state index contributed by atoms with van der Waals surface area (Å²) in [5.41, 5.74) is 0.0471. The molecular weight excluding hydrogens is 258 g/mol. The number of sulfonamides is 1. The fourth-order valence-corrected chi connectivity index (χ4v) is 3.23. The minimum absolute atomic E-state index is 0.174. The van der Waals surface area contributed by atoms with Gasteiger partial charge in [0.2, 0.25) is 0 Å². The highest BCUT2D eigenvalue weighted by molar-refractivity contribution is 7.89. The molecule has 0 aliphatic carbocycles. The summed E-state index contributed by atoms with van der Waals surface area (Å²) < 4.78 is 31.7. The average Bonchev–Trinajstić information content (AvgIpc) is 2.58. The number of aliphatic hydroxyl groups excluding tert-OH is 1. The Morgan fingerprint density at radius 2 is 2.11 bits per heavy atom. The number of hydrogen-bond donors (Lipinski definition) is 3. The number of H-pyrrole nitrogens is 1. The molecule has 0 aromatic carbocycles. The number of rotatable bonds is 6. The van der Waals surface area contributed by atoms with E-state index in [4.69, 9.17) is 4.74 Å². The van der Waals surface area contributed by atoms with Gasteiger partial charge in [-0.25, -0.2) is 13.1 Å². The molecule has 0 aliphatic rings. The zero-order chi connectivity index (χ0) is 14.0. The number of ether oxygens (including phenoxy) is 1.